The molecule has 0 aromatic heterocycles. The zero-order valence-electron chi connectivity index (χ0n) is 9.42. The standard InChI is InChI=1S/C14H10ClNO2/c15-12-8-6-11(7-9-12)14(17)10-16(18)13-4-2-1-3-5-13/h1-10H/b16-10-. The van der Waals surface area contributed by atoms with Crippen molar-refractivity contribution in [1.82, 2.24) is 0 Å². The van der Waals surface area contributed by atoms with Crippen LogP contribution >= 0.6 is 11.6 Å². The highest BCUT2D eigenvalue weighted by Crippen LogP contribution is 2.11. The third-order valence-electron chi connectivity index (χ3n) is 2.37. The van der Waals surface area contributed by atoms with Crippen LogP contribution in [0.2, 0.25) is 5.02 Å². The second-order valence-corrected chi connectivity index (χ2v) is 4.10. The van der Waals surface area contributed by atoms with Gasteiger partial charge in [0.15, 0.2) is 0 Å². The molecule has 2 aromatic rings. The van der Waals surface area contributed by atoms with Crippen LogP contribution in [0.4, 0.5) is 5.69 Å². The average Bonchev–Trinajstić information content (AvgIpc) is 2.40. The quantitative estimate of drug-likeness (QED) is 0.279. The largest absolute Gasteiger partial charge is 0.618 e. The highest BCUT2D eigenvalue weighted by molar-refractivity contribution is 6.34. The normalized spacial score (nSPS) is 11.3. The Balaban J connectivity index is 2.23. The number of para-hydroxylation sites is 1. The summed E-state index contributed by atoms with van der Waals surface area (Å²) >= 11 is 5.72. The molecular weight excluding hydrogens is 250 g/mol. The highest BCUT2D eigenvalue weighted by Gasteiger charge is 2.08. The van der Waals surface area contributed by atoms with Crippen LogP contribution in [0.15, 0.2) is 54.6 Å². The van der Waals surface area contributed by atoms with Gasteiger partial charge in [-0.1, -0.05) is 29.8 Å². The third-order valence-corrected chi connectivity index (χ3v) is 2.63. The molecule has 2 aromatic carbocycles. The summed E-state index contributed by atoms with van der Waals surface area (Å²) in [5.74, 6) is -0.356. The van der Waals surface area contributed by atoms with Crippen LogP contribution in [-0.2, 0) is 0 Å². The van der Waals surface area contributed by atoms with Crippen molar-refractivity contribution < 1.29 is 9.53 Å². The van der Waals surface area contributed by atoms with Gasteiger partial charge in [-0.3, -0.25) is 4.79 Å². The molecule has 0 aliphatic heterocycles. The van der Waals surface area contributed by atoms with Gasteiger partial charge >= 0.3 is 0 Å². The summed E-state index contributed by atoms with van der Waals surface area (Å²) in [5, 5.41) is 12.3. The Morgan fingerprint density at radius 3 is 2.28 bits per heavy atom. The lowest BCUT2D eigenvalue weighted by Gasteiger charge is -2.01. The number of nitrogens with zero attached hydrogens (tertiary/aromatic N) is 1. The maximum absolute atomic E-state index is 11.8. The van der Waals surface area contributed by atoms with Crippen molar-refractivity contribution in [2.75, 3.05) is 0 Å². The van der Waals surface area contributed by atoms with E-state index in [4.69, 9.17) is 11.6 Å². The fraction of sp³-hybridized carbons (Fsp3) is 0. The molecule has 0 saturated carbocycles. The van der Waals surface area contributed by atoms with Crippen LogP contribution in [0.25, 0.3) is 0 Å². The molecule has 0 aliphatic carbocycles. The molecule has 0 aliphatic rings. The second kappa shape index (κ2) is 5.47. The maximum Gasteiger partial charge on any atom is 0.250 e. The van der Waals surface area contributed by atoms with Gasteiger partial charge in [0.25, 0.3) is 0 Å². The van der Waals surface area contributed by atoms with Crippen LogP contribution in [0.5, 0.6) is 0 Å². The minimum atomic E-state index is -0.356. The van der Waals surface area contributed by atoms with Crippen molar-refractivity contribution in [3.8, 4) is 0 Å². The Kier molecular flexibility index (Phi) is 3.75. The molecule has 0 fully saturated rings. The molecule has 18 heavy (non-hydrogen) atoms. The zero-order valence-corrected chi connectivity index (χ0v) is 10.2. The summed E-state index contributed by atoms with van der Waals surface area (Å²) in [5.41, 5.74) is 0.844. The van der Waals surface area contributed by atoms with E-state index in [9.17, 15) is 10.0 Å². The predicted octanol–water partition coefficient (Wildman–Crippen LogP) is 3.44. The molecule has 3 nitrogen and oxygen atoms in total. The number of carbonyl (C=O) groups excluding carboxylic acids is 1. The summed E-state index contributed by atoms with van der Waals surface area (Å²) in [6.07, 6.45) is 1.01. The van der Waals surface area contributed by atoms with E-state index < -0.39 is 0 Å². The fourth-order valence-corrected chi connectivity index (χ4v) is 1.57. The molecule has 0 amide bonds. The van der Waals surface area contributed by atoms with Gasteiger partial charge in [-0.15, -0.1) is 0 Å². The van der Waals surface area contributed by atoms with Crippen molar-refractivity contribution in [2.24, 2.45) is 0 Å². The number of benzene rings is 2. The lowest BCUT2D eigenvalue weighted by Crippen LogP contribution is -2.08. The topological polar surface area (TPSA) is 43.1 Å². The fourth-order valence-electron chi connectivity index (χ4n) is 1.44. The van der Waals surface area contributed by atoms with Gasteiger partial charge in [-0.25, -0.2) is 0 Å². The summed E-state index contributed by atoms with van der Waals surface area (Å²) in [7, 11) is 0. The summed E-state index contributed by atoms with van der Waals surface area (Å²) < 4.78 is 0.553. The van der Waals surface area contributed by atoms with Crippen molar-refractivity contribution in [3.05, 3.63) is 70.4 Å². The molecular formula is C14H10ClNO2. The van der Waals surface area contributed by atoms with Crippen molar-refractivity contribution in [2.45, 2.75) is 0 Å². The Bertz CT molecular complexity index is 577. The smallest absolute Gasteiger partial charge is 0.250 e. The van der Waals surface area contributed by atoms with E-state index in [1.54, 1.807) is 54.6 Å². The van der Waals surface area contributed by atoms with E-state index >= 15 is 0 Å². The van der Waals surface area contributed by atoms with Gasteiger partial charge in [0.1, 0.15) is 0 Å². The monoisotopic (exact) mass is 259 g/mol. The third kappa shape index (κ3) is 2.96. The lowest BCUT2D eigenvalue weighted by atomic mass is 10.1. The van der Waals surface area contributed by atoms with Crippen LogP contribution in [0.3, 0.4) is 0 Å². The van der Waals surface area contributed by atoms with Gasteiger partial charge in [0.05, 0.1) is 0 Å². The molecule has 0 radical (unpaired) electrons. The van der Waals surface area contributed by atoms with Crippen molar-refractivity contribution >= 4 is 29.3 Å². The Hall–Kier alpha value is -2.13. The van der Waals surface area contributed by atoms with Crippen LogP contribution in [-0.4, -0.2) is 16.7 Å². The van der Waals surface area contributed by atoms with Gasteiger partial charge < -0.3 is 5.21 Å². The molecule has 0 unspecified atom stereocenters. The molecule has 90 valence electrons. The molecule has 4 heteroatoms. The molecule has 0 heterocycles. The predicted molar refractivity (Wildman–Crippen MR) is 71.6 cm³/mol. The number of hydrogen-bond donors (Lipinski definition) is 0. The van der Waals surface area contributed by atoms with E-state index in [2.05, 4.69) is 0 Å². The molecule has 0 atom stereocenters. The SMILES string of the molecule is O=C(/C=[N+](\[O-])c1ccccc1)c1ccc(Cl)cc1. The molecule has 0 N–H and O–H groups in total. The zero-order chi connectivity index (χ0) is 13.0. The first-order valence-electron chi connectivity index (χ1n) is 5.33. The van der Waals surface area contributed by atoms with Gasteiger partial charge in [-0.2, -0.15) is 4.74 Å². The first-order chi connectivity index (χ1) is 8.66. The first kappa shape index (κ1) is 12.3. The number of ketones is 1. The Morgan fingerprint density at radius 2 is 1.67 bits per heavy atom. The molecule has 2 rings (SSSR count). The van der Waals surface area contributed by atoms with Gasteiger partial charge in [0, 0.05) is 22.7 Å². The van der Waals surface area contributed by atoms with Crippen LogP contribution in [0, 0.1) is 5.21 Å². The Labute approximate surface area is 110 Å². The molecule has 0 saturated heterocycles. The first-order valence-corrected chi connectivity index (χ1v) is 5.71. The summed E-state index contributed by atoms with van der Waals surface area (Å²) in [6, 6.07) is 14.9. The van der Waals surface area contributed by atoms with E-state index in [1.165, 1.54) is 0 Å². The number of carbonyl (C=O) groups is 1. The number of Topliss-reactive ketones (excluding diaryl/α,β-unsaturated/α-hetero) is 1. The second-order valence-electron chi connectivity index (χ2n) is 3.66. The van der Waals surface area contributed by atoms with E-state index in [0.29, 0.717) is 21.0 Å². The minimum absolute atomic E-state index is 0.356. The molecule has 0 bridgehead atoms. The van der Waals surface area contributed by atoms with E-state index in [1.807, 2.05) is 0 Å². The lowest BCUT2D eigenvalue weighted by molar-refractivity contribution is -0.353. The minimum Gasteiger partial charge on any atom is -0.618 e. The van der Waals surface area contributed by atoms with Gasteiger partial charge in [-0.05, 0) is 24.3 Å². The van der Waals surface area contributed by atoms with Crippen LogP contribution in [0.1, 0.15) is 10.4 Å². The summed E-state index contributed by atoms with van der Waals surface area (Å²) in [6.45, 7) is 0. The molecule has 0 spiro atoms. The van der Waals surface area contributed by atoms with Gasteiger partial charge in [0.2, 0.25) is 17.7 Å². The summed E-state index contributed by atoms with van der Waals surface area (Å²) in [4.78, 5) is 11.8. The number of halogens is 1. The number of rotatable bonds is 3. The number of hydrogen-bond acceptors (Lipinski definition) is 2. The average molecular weight is 260 g/mol. The van der Waals surface area contributed by atoms with Crippen LogP contribution < -0.4 is 0 Å². The maximum atomic E-state index is 11.8. The Morgan fingerprint density at radius 1 is 1.06 bits per heavy atom. The van der Waals surface area contributed by atoms with Crippen molar-refractivity contribution in [3.63, 3.8) is 0 Å². The van der Waals surface area contributed by atoms with E-state index in [-0.39, 0.29) is 5.78 Å². The highest BCUT2D eigenvalue weighted by atomic mass is 35.5. The van der Waals surface area contributed by atoms with E-state index in [0.717, 1.165) is 6.21 Å². The van der Waals surface area contributed by atoms with Crippen molar-refractivity contribution in [1.29, 1.82) is 0 Å².